The predicted molar refractivity (Wildman–Crippen MR) is 96.9 cm³/mol. The molecular weight excluding hydrogens is 350 g/mol. The summed E-state index contributed by atoms with van der Waals surface area (Å²) in [6.07, 6.45) is 1.49. The minimum Gasteiger partial charge on any atom is -0.394 e. The molecule has 0 fully saturated rings. The van der Waals surface area contributed by atoms with Gasteiger partial charge in [-0.05, 0) is 38.1 Å². The molecule has 2 aromatic heterocycles. The summed E-state index contributed by atoms with van der Waals surface area (Å²) in [4.78, 5) is 15.1. The summed E-state index contributed by atoms with van der Waals surface area (Å²) < 4.78 is 0. The lowest BCUT2D eigenvalue weighted by molar-refractivity contribution is 1.06. The molecule has 1 aromatic carbocycles. The number of nitrogens with zero attached hydrogens (tertiary/aromatic N) is 3. The highest BCUT2D eigenvalue weighted by Gasteiger charge is 2.12. The summed E-state index contributed by atoms with van der Waals surface area (Å²) in [7, 11) is 0. The van der Waals surface area contributed by atoms with Gasteiger partial charge in [-0.15, -0.1) is 11.3 Å². The van der Waals surface area contributed by atoms with Gasteiger partial charge in [0.05, 0.1) is 5.69 Å². The molecule has 0 aliphatic rings. The van der Waals surface area contributed by atoms with Crippen LogP contribution < -0.4 is 11.1 Å². The number of anilines is 3. The van der Waals surface area contributed by atoms with E-state index in [9.17, 15) is 0 Å². The van der Waals surface area contributed by atoms with Crippen LogP contribution in [0.15, 0.2) is 40.5 Å². The fraction of sp³-hybridized carbons (Fsp3) is 0.133. The number of hydrogen-bond acceptors (Lipinski definition) is 7. The van der Waals surface area contributed by atoms with Crippen LogP contribution in [-0.4, -0.2) is 15.0 Å². The highest BCUT2D eigenvalue weighted by molar-refractivity contribution is 7.99. The first-order valence-corrected chi connectivity index (χ1v) is 8.79. The maximum absolute atomic E-state index is 6.20. The zero-order valence-electron chi connectivity index (χ0n) is 12.5. The van der Waals surface area contributed by atoms with Gasteiger partial charge < -0.3 is 11.1 Å². The van der Waals surface area contributed by atoms with Gasteiger partial charge in [0, 0.05) is 14.8 Å². The Morgan fingerprint density at radius 1 is 1.17 bits per heavy atom. The summed E-state index contributed by atoms with van der Waals surface area (Å²) in [5.74, 6) is 0.560. The van der Waals surface area contributed by atoms with Crippen LogP contribution in [0.5, 0.6) is 0 Å². The van der Waals surface area contributed by atoms with Crippen molar-refractivity contribution in [1.29, 1.82) is 0 Å². The Labute approximate surface area is 147 Å². The number of hydrogen-bond donors (Lipinski definition) is 2. The quantitative estimate of drug-likeness (QED) is 0.655. The van der Waals surface area contributed by atoms with Crippen LogP contribution in [0.3, 0.4) is 0 Å². The Bertz CT molecular complexity index is 813. The Hall–Kier alpha value is -1.83. The standard InChI is InChI=1S/C15H14ClN5S2/c1-8-9(2)22-15(20-8)21-13-12(17)14(19-7-18-13)23-11-5-3-10(16)4-6-11/h3-7H,17H2,1-2H3,(H,18,19,20,21). The molecule has 0 saturated carbocycles. The highest BCUT2D eigenvalue weighted by atomic mass is 35.5. The molecule has 0 atom stereocenters. The molecule has 5 nitrogen and oxygen atoms in total. The minimum absolute atomic E-state index is 0.498. The Kier molecular flexibility index (Phi) is 4.70. The normalized spacial score (nSPS) is 10.7. The van der Waals surface area contributed by atoms with E-state index in [4.69, 9.17) is 17.3 Å². The predicted octanol–water partition coefficient (Wildman–Crippen LogP) is 4.68. The van der Waals surface area contributed by atoms with Crippen LogP contribution >= 0.6 is 34.7 Å². The number of rotatable bonds is 4. The first-order chi connectivity index (χ1) is 11.0. The number of benzene rings is 1. The summed E-state index contributed by atoms with van der Waals surface area (Å²) in [5.41, 5.74) is 7.70. The van der Waals surface area contributed by atoms with Crippen molar-refractivity contribution in [2.45, 2.75) is 23.8 Å². The molecule has 3 N–H and O–H groups in total. The maximum Gasteiger partial charge on any atom is 0.188 e. The van der Waals surface area contributed by atoms with Crippen molar-refractivity contribution in [3.8, 4) is 0 Å². The lowest BCUT2D eigenvalue weighted by atomic mass is 10.4. The number of nitrogens with two attached hydrogens (primary N) is 1. The van der Waals surface area contributed by atoms with E-state index in [-0.39, 0.29) is 0 Å². The second-order valence-electron chi connectivity index (χ2n) is 4.78. The molecule has 3 aromatic rings. The monoisotopic (exact) mass is 363 g/mol. The van der Waals surface area contributed by atoms with Crippen molar-refractivity contribution in [2.24, 2.45) is 0 Å². The number of thiazole rings is 1. The largest absolute Gasteiger partial charge is 0.394 e. The first kappa shape index (κ1) is 16.0. The van der Waals surface area contributed by atoms with Crippen molar-refractivity contribution in [3.63, 3.8) is 0 Å². The molecule has 0 aliphatic carbocycles. The third kappa shape index (κ3) is 3.74. The van der Waals surface area contributed by atoms with Gasteiger partial charge in [0.25, 0.3) is 0 Å². The number of aryl methyl sites for hydroxylation is 2. The van der Waals surface area contributed by atoms with E-state index in [0.717, 1.165) is 20.6 Å². The van der Waals surface area contributed by atoms with Crippen LogP contribution in [-0.2, 0) is 0 Å². The Morgan fingerprint density at radius 3 is 2.57 bits per heavy atom. The number of nitrogens with one attached hydrogen (secondary N) is 1. The number of aromatic nitrogens is 3. The molecule has 3 rings (SSSR count). The second-order valence-corrected chi connectivity index (χ2v) is 7.48. The van der Waals surface area contributed by atoms with Crippen molar-refractivity contribution in [3.05, 3.63) is 46.2 Å². The zero-order valence-corrected chi connectivity index (χ0v) is 14.9. The SMILES string of the molecule is Cc1nc(Nc2ncnc(Sc3ccc(Cl)cc3)c2N)sc1C. The molecule has 8 heteroatoms. The topological polar surface area (TPSA) is 76.7 Å². The summed E-state index contributed by atoms with van der Waals surface area (Å²) in [6.45, 7) is 4.01. The average molecular weight is 364 g/mol. The van der Waals surface area contributed by atoms with Gasteiger partial charge in [-0.1, -0.05) is 23.4 Å². The fourth-order valence-electron chi connectivity index (χ4n) is 1.80. The third-order valence-electron chi connectivity index (χ3n) is 3.13. The van der Waals surface area contributed by atoms with Gasteiger partial charge in [-0.25, -0.2) is 15.0 Å². The van der Waals surface area contributed by atoms with E-state index >= 15 is 0 Å². The van der Waals surface area contributed by atoms with Gasteiger partial charge in [0.15, 0.2) is 10.9 Å². The van der Waals surface area contributed by atoms with E-state index in [0.29, 0.717) is 21.6 Å². The molecule has 0 aliphatic heterocycles. The van der Waals surface area contributed by atoms with Gasteiger partial charge >= 0.3 is 0 Å². The Balaban J connectivity index is 1.84. The van der Waals surface area contributed by atoms with Crippen molar-refractivity contribution >= 4 is 51.3 Å². The van der Waals surface area contributed by atoms with Crippen LogP contribution in [0.1, 0.15) is 10.6 Å². The van der Waals surface area contributed by atoms with Crippen molar-refractivity contribution < 1.29 is 0 Å². The summed E-state index contributed by atoms with van der Waals surface area (Å²) >= 11 is 8.93. The number of nitrogen functional groups attached to an aromatic ring is 1. The van der Waals surface area contributed by atoms with E-state index in [1.807, 2.05) is 38.1 Å². The average Bonchev–Trinajstić information content (AvgIpc) is 2.84. The van der Waals surface area contributed by atoms with Gasteiger partial charge in [0.2, 0.25) is 0 Å². The lowest BCUT2D eigenvalue weighted by Gasteiger charge is -2.09. The van der Waals surface area contributed by atoms with Crippen molar-refractivity contribution in [2.75, 3.05) is 11.1 Å². The smallest absolute Gasteiger partial charge is 0.188 e. The van der Waals surface area contributed by atoms with Gasteiger partial charge in [0.1, 0.15) is 17.0 Å². The van der Waals surface area contributed by atoms with Crippen molar-refractivity contribution in [1.82, 2.24) is 15.0 Å². The zero-order chi connectivity index (χ0) is 16.4. The second kappa shape index (κ2) is 6.74. The molecular formula is C15H14ClN5S2. The maximum atomic E-state index is 6.20. The molecule has 2 heterocycles. The molecule has 0 saturated heterocycles. The van der Waals surface area contributed by atoms with E-state index in [1.165, 1.54) is 18.1 Å². The van der Waals surface area contributed by atoms with Crippen LogP contribution in [0.2, 0.25) is 5.02 Å². The molecule has 0 unspecified atom stereocenters. The molecule has 0 bridgehead atoms. The van der Waals surface area contributed by atoms with Crippen LogP contribution in [0, 0.1) is 13.8 Å². The number of halogens is 1. The van der Waals surface area contributed by atoms with E-state index < -0.39 is 0 Å². The van der Waals surface area contributed by atoms with E-state index in [1.54, 1.807) is 11.3 Å². The highest BCUT2D eigenvalue weighted by Crippen LogP contribution is 2.35. The lowest BCUT2D eigenvalue weighted by Crippen LogP contribution is -2.02. The Morgan fingerprint density at radius 2 is 1.91 bits per heavy atom. The molecule has 118 valence electrons. The molecule has 0 radical (unpaired) electrons. The van der Waals surface area contributed by atoms with Gasteiger partial charge in [-0.2, -0.15) is 0 Å². The van der Waals surface area contributed by atoms with E-state index in [2.05, 4.69) is 20.3 Å². The summed E-state index contributed by atoms with van der Waals surface area (Å²) in [6, 6.07) is 7.52. The molecule has 0 spiro atoms. The van der Waals surface area contributed by atoms with Gasteiger partial charge in [-0.3, -0.25) is 0 Å². The van der Waals surface area contributed by atoms with Crippen LogP contribution in [0.25, 0.3) is 0 Å². The summed E-state index contributed by atoms with van der Waals surface area (Å²) in [5, 5.41) is 5.32. The minimum atomic E-state index is 0.498. The third-order valence-corrected chi connectivity index (χ3v) is 5.40. The molecule has 23 heavy (non-hydrogen) atoms. The fourth-order valence-corrected chi connectivity index (χ4v) is 3.54. The first-order valence-electron chi connectivity index (χ1n) is 6.78. The van der Waals surface area contributed by atoms with Crippen LogP contribution in [0.4, 0.5) is 16.6 Å². The molecule has 0 amide bonds.